The lowest BCUT2D eigenvalue weighted by Crippen LogP contribution is -2.53. The maximum Gasteiger partial charge on any atom is 0.239 e. The molecular formula is C14H28N2O2. The van der Waals surface area contributed by atoms with Gasteiger partial charge in [0.1, 0.15) is 0 Å². The highest BCUT2D eigenvalue weighted by atomic mass is 16.3. The molecule has 1 N–H and O–H groups in total. The number of nitrogens with zero attached hydrogens (tertiary/aromatic N) is 2. The molecule has 1 amide bonds. The summed E-state index contributed by atoms with van der Waals surface area (Å²) in [6.45, 7) is 11.6. The van der Waals surface area contributed by atoms with Gasteiger partial charge < -0.3 is 10.0 Å². The fourth-order valence-corrected chi connectivity index (χ4v) is 2.77. The Labute approximate surface area is 111 Å². The second-order valence-electron chi connectivity index (χ2n) is 5.73. The average Bonchev–Trinajstić information content (AvgIpc) is 2.39. The molecule has 1 aliphatic rings. The Kier molecular flexibility index (Phi) is 5.60. The molecule has 2 unspecified atom stereocenters. The number of hydrogen-bond donors (Lipinski definition) is 1. The molecule has 18 heavy (non-hydrogen) atoms. The monoisotopic (exact) mass is 256 g/mol. The Morgan fingerprint density at radius 2 is 2.06 bits per heavy atom. The number of aliphatic hydroxyl groups is 1. The van der Waals surface area contributed by atoms with E-state index in [1.807, 2.05) is 25.7 Å². The highest BCUT2D eigenvalue weighted by Gasteiger charge is 2.35. The molecule has 1 rings (SSSR count). The van der Waals surface area contributed by atoms with Crippen LogP contribution in [-0.4, -0.2) is 59.6 Å². The number of likely N-dealkylation sites (tertiary alicyclic amines) is 1. The number of likely N-dealkylation sites (N-methyl/N-ethyl adjacent to an activating group) is 1. The normalized spacial score (nSPS) is 26.9. The zero-order chi connectivity index (χ0) is 13.8. The summed E-state index contributed by atoms with van der Waals surface area (Å²) in [6.07, 6.45) is 2.11. The van der Waals surface area contributed by atoms with Crippen molar-refractivity contribution in [2.75, 3.05) is 32.8 Å². The Morgan fingerprint density at radius 1 is 1.44 bits per heavy atom. The maximum atomic E-state index is 12.3. The maximum absolute atomic E-state index is 12.3. The summed E-state index contributed by atoms with van der Waals surface area (Å²) in [5.74, 6) is 0.210. The van der Waals surface area contributed by atoms with E-state index in [4.69, 9.17) is 0 Å². The standard InChI is InChI=1S/C14H28N2O2/c1-5-15(6-2)13(18)12(3)16-9-7-8-14(4,10-16)11-17/h12,17H,5-11H2,1-4H3. The molecule has 1 saturated heterocycles. The Bertz CT molecular complexity index is 279. The van der Waals surface area contributed by atoms with Gasteiger partial charge in [0.25, 0.3) is 0 Å². The van der Waals surface area contributed by atoms with Crippen LogP contribution >= 0.6 is 0 Å². The van der Waals surface area contributed by atoms with Crippen molar-refractivity contribution in [3.63, 3.8) is 0 Å². The van der Waals surface area contributed by atoms with Crippen molar-refractivity contribution in [2.45, 2.75) is 46.6 Å². The van der Waals surface area contributed by atoms with Crippen molar-refractivity contribution in [2.24, 2.45) is 5.41 Å². The van der Waals surface area contributed by atoms with Gasteiger partial charge >= 0.3 is 0 Å². The molecule has 0 spiro atoms. The lowest BCUT2D eigenvalue weighted by molar-refractivity contribution is -0.137. The van der Waals surface area contributed by atoms with Crippen LogP contribution in [0.2, 0.25) is 0 Å². The van der Waals surface area contributed by atoms with E-state index in [1.54, 1.807) is 0 Å². The van der Waals surface area contributed by atoms with E-state index in [0.717, 1.165) is 39.0 Å². The lowest BCUT2D eigenvalue weighted by Gasteiger charge is -2.42. The number of carbonyl (C=O) groups is 1. The van der Waals surface area contributed by atoms with E-state index in [0.29, 0.717) is 0 Å². The van der Waals surface area contributed by atoms with Gasteiger partial charge in [0.15, 0.2) is 0 Å². The van der Waals surface area contributed by atoms with Crippen molar-refractivity contribution in [3.05, 3.63) is 0 Å². The highest BCUT2D eigenvalue weighted by Crippen LogP contribution is 2.29. The molecule has 2 atom stereocenters. The average molecular weight is 256 g/mol. The van der Waals surface area contributed by atoms with Crippen LogP contribution in [-0.2, 0) is 4.79 Å². The quantitative estimate of drug-likeness (QED) is 0.807. The minimum atomic E-state index is -0.0731. The van der Waals surface area contributed by atoms with Crippen molar-refractivity contribution in [3.8, 4) is 0 Å². The van der Waals surface area contributed by atoms with Gasteiger partial charge in [0.05, 0.1) is 6.04 Å². The SMILES string of the molecule is CCN(CC)C(=O)C(C)N1CCCC(C)(CO)C1. The molecule has 0 aliphatic carbocycles. The molecule has 1 aliphatic heterocycles. The van der Waals surface area contributed by atoms with Crippen molar-refractivity contribution in [1.82, 2.24) is 9.80 Å². The molecule has 4 heteroatoms. The van der Waals surface area contributed by atoms with Crippen molar-refractivity contribution in [1.29, 1.82) is 0 Å². The van der Waals surface area contributed by atoms with Crippen LogP contribution in [0.3, 0.4) is 0 Å². The summed E-state index contributed by atoms with van der Waals surface area (Å²) in [5, 5.41) is 9.47. The minimum absolute atomic E-state index is 0.0456. The van der Waals surface area contributed by atoms with Crippen molar-refractivity contribution < 1.29 is 9.90 Å². The third kappa shape index (κ3) is 3.45. The molecule has 1 fully saturated rings. The zero-order valence-electron chi connectivity index (χ0n) is 12.3. The Morgan fingerprint density at radius 3 is 2.56 bits per heavy atom. The number of hydrogen-bond acceptors (Lipinski definition) is 3. The molecular weight excluding hydrogens is 228 g/mol. The number of aliphatic hydroxyl groups excluding tert-OH is 1. The molecule has 1 heterocycles. The van der Waals surface area contributed by atoms with E-state index >= 15 is 0 Å². The van der Waals surface area contributed by atoms with Gasteiger partial charge in [-0.15, -0.1) is 0 Å². The predicted molar refractivity (Wildman–Crippen MR) is 73.4 cm³/mol. The molecule has 0 saturated carbocycles. The molecule has 0 aromatic rings. The summed E-state index contributed by atoms with van der Waals surface area (Å²) in [7, 11) is 0. The largest absolute Gasteiger partial charge is 0.396 e. The van der Waals surface area contributed by atoms with Gasteiger partial charge in [0.2, 0.25) is 5.91 Å². The van der Waals surface area contributed by atoms with Gasteiger partial charge in [-0.2, -0.15) is 0 Å². The van der Waals surface area contributed by atoms with E-state index in [-0.39, 0.29) is 24.0 Å². The highest BCUT2D eigenvalue weighted by molar-refractivity contribution is 5.81. The van der Waals surface area contributed by atoms with Gasteiger partial charge in [-0.05, 0) is 40.2 Å². The van der Waals surface area contributed by atoms with E-state index in [2.05, 4.69) is 11.8 Å². The van der Waals surface area contributed by atoms with Gasteiger partial charge in [-0.1, -0.05) is 6.92 Å². The fourth-order valence-electron chi connectivity index (χ4n) is 2.77. The summed E-state index contributed by atoms with van der Waals surface area (Å²) in [5.41, 5.74) is -0.0456. The molecule has 4 nitrogen and oxygen atoms in total. The van der Waals surface area contributed by atoms with E-state index in [1.165, 1.54) is 0 Å². The number of piperidine rings is 1. The van der Waals surface area contributed by atoms with Crippen LogP contribution in [0.1, 0.15) is 40.5 Å². The molecule has 0 bridgehead atoms. The van der Waals surface area contributed by atoms with Gasteiger partial charge in [0, 0.05) is 31.7 Å². The van der Waals surface area contributed by atoms with Crippen LogP contribution in [0, 0.1) is 5.41 Å². The predicted octanol–water partition coefficient (Wildman–Crippen LogP) is 1.34. The Hall–Kier alpha value is -0.610. The Balaban J connectivity index is 2.66. The summed E-state index contributed by atoms with van der Waals surface area (Å²) in [4.78, 5) is 16.4. The van der Waals surface area contributed by atoms with Crippen molar-refractivity contribution >= 4 is 5.91 Å². The third-order valence-corrected chi connectivity index (χ3v) is 4.17. The van der Waals surface area contributed by atoms with Crippen LogP contribution in [0.25, 0.3) is 0 Å². The molecule has 106 valence electrons. The minimum Gasteiger partial charge on any atom is -0.396 e. The number of amides is 1. The van der Waals surface area contributed by atoms with Crippen LogP contribution < -0.4 is 0 Å². The van der Waals surface area contributed by atoms with Gasteiger partial charge in [-0.3, -0.25) is 9.69 Å². The smallest absolute Gasteiger partial charge is 0.239 e. The third-order valence-electron chi connectivity index (χ3n) is 4.17. The fraction of sp³-hybridized carbons (Fsp3) is 0.929. The number of carbonyl (C=O) groups excluding carboxylic acids is 1. The van der Waals surface area contributed by atoms with E-state index in [9.17, 15) is 9.90 Å². The van der Waals surface area contributed by atoms with E-state index < -0.39 is 0 Å². The second-order valence-corrected chi connectivity index (χ2v) is 5.73. The summed E-state index contributed by atoms with van der Waals surface area (Å²) in [6, 6.07) is -0.0731. The first kappa shape index (κ1) is 15.4. The molecule has 0 radical (unpaired) electrons. The number of rotatable bonds is 5. The first-order valence-corrected chi connectivity index (χ1v) is 7.11. The zero-order valence-corrected chi connectivity index (χ0v) is 12.3. The first-order valence-electron chi connectivity index (χ1n) is 7.11. The molecule has 0 aromatic heterocycles. The van der Waals surface area contributed by atoms with Crippen LogP contribution in [0.15, 0.2) is 0 Å². The first-order chi connectivity index (χ1) is 8.47. The van der Waals surface area contributed by atoms with Crippen LogP contribution in [0.5, 0.6) is 0 Å². The molecule has 0 aromatic carbocycles. The summed E-state index contributed by atoms with van der Waals surface area (Å²) < 4.78 is 0. The summed E-state index contributed by atoms with van der Waals surface area (Å²) >= 11 is 0. The second kappa shape index (κ2) is 6.53. The lowest BCUT2D eigenvalue weighted by atomic mass is 9.82. The van der Waals surface area contributed by atoms with Gasteiger partial charge in [-0.25, -0.2) is 0 Å². The van der Waals surface area contributed by atoms with Crippen LogP contribution in [0.4, 0.5) is 0 Å². The topological polar surface area (TPSA) is 43.8 Å².